The fourth-order valence-electron chi connectivity index (χ4n) is 3.12. The van der Waals surface area contributed by atoms with Crippen molar-refractivity contribution in [2.24, 2.45) is 0 Å². The molecule has 5 nitrogen and oxygen atoms in total. The van der Waals surface area contributed by atoms with E-state index in [1.807, 2.05) is 24.3 Å². The first-order valence-electron chi connectivity index (χ1n) is 8.28. The number of carbonyl (C=O) groups is 1. The maximum Gasteiger partial charge on any atom is 0.254 e. The number of hydrogen-bond donors (Lipinski definition) is 0. The Morgan fingerprint density at radius 3 is 2.54 bits per heavy atom. The van der Waals surface area contributed by atoms with Crippen LogP contribution in [0.3, 0.4) is 0 Å². The lowest BCUT2D eigenvalue weighted by atomic mass is 10.1. The molecule has 0 saturated carbocycles. The van der Waals surface area contributed by atoms with Gasteiger partial charge in [-0.3, -0.25) is 4.79 Å². The van der Waals surface area contributed by atoms with Crippen molar-refractivity contribution in [3.05, 3.63) is 64.1 Å². The average molecular weight is 438 g/mol. The summed E-state index contributed by atoms with van der Waals surface area (Å²) in [6, 6.07) is 14.3. The molecule has 2 aromatic rings. The molecule has 0 aromatic heterocycles. The van der Waals surface area contributed by atoms with Crippen molar-refractivity contribution in [2.45, 2.75) is 19.0 Å². The van der Waals surface area contributed by atoms with Crippen LogP contribution in [0.5, 0.6) is 5.75 Å². The van der Waals surface area contributed by atoms with E-state index in [2.05, 4.69) is 15.9 Å². The fraction of sp³-hybridized carbons (Fsp3) is 0.316. The lowest BCUT2D eigenvalue weighted by Gasteiger charge is -2.28. The number of amides is 1. The Morgan fingerprint density at radius 2 is 1.96 bits per heavy atom. The van der Waals surface area contributed by atoms with Crippen molar-refractivity contribution in [3.8, 4) is 5.75 Å². The summed E-state index contributed by atoms with van der Waals surface area (Å²) in [7, 11) is -1.52. The maximum atomic E-state index is 13.1. The van der Waals surface area contributed by atoms with Gasteiger partial charge in [0.1, 0.15) is 5.75 Å². The molecule has 0 unspecified atom stereocenters. The highest BCUT2D eigenvalue weighted by Gasteiger charge is 2.35. The summed E-state index contributed by atoms with van der Waals surface area (Å²) in [5.74, 6) is 0.643. The number of nitrogens with zero attached hydrogens (tertiary/aromatic N) is 1. The molecule has 0 N–H and O–H groups in total. The van der Waals surface area contributed by atoms with Crippen LogP contribution in [0.4, 0.5) is 0 Å². The zero-order valence-electron chi connectivity index (χ0n) is 14.4. The Kier molecular flexibility index (Phi) is 5.67. The predicted octanol–water partition coefficient (Wildman–Crippen LogP) is 3.29. The second-order valence-corrected chi connectivity index (χ2v) is 9.49. The number of carbonyl (C=O) groups excluding carboxylic acids is 1. The second-order valence-electron chi connectivity index (χ2n) is 6.35. The Labute approximate surface area is 162 Å². The number of hydrogen-bond acceptors (Lipinski definition) is 4. The van der Waals surface area contributed by atoms with Crippen LogP contribution in [0.1, 0.15) is 22.3 Å². The first-order valence-corrected chi connectivity index (χ1v) is 10.9. The number of ether oxygens (including phenoxy) is 1. The molecule has 26 heavy (non-hydrogen) atoms. The molecule has 1 aliphatic rings. The first kappa shape index (κ1) is 18.9. The molecule has 1 fully saturated rings. The van der Waals surface area contributed by atoms with Gasteiger partial charge in [-0.2, -0.15) is 0 Å². The molecule has 2 aromatic carbocycles. The van der Waals surface area contributed by atoms with Crippen molar-refractivity contribution >= 4 is 31.7 Å². The van der Waals surface area contributed by atoms with Gasteiger partial charge in [-0.25, -0.2) is 8.42 Å². The SMILES string of the molecule is COc1ccc(C(=O)N(Cc2cccc(Br)c2)[C@@H]2CCS(=O)(=O)C2)cc1. The Balaban J connectivity index is 1.89. The van der Waals surface area contributed by atoms with E-state index >= 15 is 0 Å². The van der Waals surface area contributed by atoms with Crippen LogP contribution in [-0.2, 0) is 16.4 Å². The minimum absolute atomic E-state index is 0.0168. The first-order chi connectivity index (χ1) is 12.4. The summed E-state index contributed by atoms with van der Waals surface area (Å²) in [5.41, 5.74) is 1.47. The van der Waals surface area contributed by atoms with Gasteiger partial charge in [-0.05, 0) is 48.4 Å². The van der Waals surface area contributed by atoms with Crippen LogP contribution in [0.2, 0.25) is 0 Å². The summed E-state index contributed by atoms with van der Waals surface area (Å²) in [6.07, 6.45) is 0.470. The molecule has 1 heterocycles. The lowest BCUT2D eigenvalue weighted by Crippen LogP contribution is -2.40. The van der Waals surface area contributed by atoms with Crippen molar-refractivity contribution < 1.29 is 17.9 Å². The highest BCUT2D eigenvalue weighted by molar-refractivity contribution is 9.10. The molecule has 0 aliphatic carbocycles. The summed E-state index contributed by atoms with van der Waals surface area (Å²) in [5, 5.41) is 0. The van der Waals surface area contributed by atoms with E-state index in [9.17, 15) is 13.2 Å². The number of sulfone groups is 1. The normalized spacial score (nSPS) is 18.5. The number of rotatable bonds is 5. The summed E-state index contributed by atoms with van der Waals surface area (Å²) in [6.45, 7) is 0.366. The number of methoxy groups -OCH3 is 1. The van der Waals surface area contributed by atoms with Crippen molar-refractivity contribution in [1.29, 1.82) is 0 Å². The third-order valence-corrected chi connectivity index (χ3v) is 6.73. The van der Waals surface area contributed by atoms with Gasteiger partial charge in [0.2, 0.25) is 0 Å². The molecule has 7 heteroatoms. The molecule has 1 saturated heterocycles. The summed E-state index contributed by atoms with van der Waals surface area (Å²) >= 11 is 3.44. The van der Waals surface area contributed by atoms with Crippen molar-refractivity contribution in [1.82, 2.24) is 4.90 Å². The van der Waals surface area contributed by atoms with Gasteiger partial charge in [-0.15, -0.1) is 0 Å². The number of benzene rings is 2. The van der Waals surface area contributed by atoms with Crippen LogP contribution in [0, 0.1) is 0 Å². The number of halogens is 1. The van der Waals surface area contributed by atoms with Gasteiger partial charge in [-0.1, -0.05) is 28.1 Å². The quantitative estimate of drug-likeness (QED) is 0.719. The van der Waals surface area contributed by atoms with E-state index in [0.717, 1.165) is 10.0 Å². The average Bonchev–Trinajstić information content (AvgIpc) is 2.99. The Bertz CT molecular complexity index is 896. The molecule has 0 radical (unpaired) electrons. The summed E-state index contributed by atoms with van der Waals surface area (Å²) in [4.78, 5) is 14.8. The van der Waals surface area contributed by atoms with Gasteiger partial charge < -0.3 is 9.64 Å². The van der Waals surface area contributed by atoms with Gasteiger partial charge in [0, 0.05) is 22.6 Å². The minimum Gasteiger partial charge on any atom is -0.497 e. The standard InChI is InChI=1S/C19H20BrNO4S/c1-25-18-7-5-15(6-8-18)19(22)21(17-9-10-26(23,24)13-17)12-14-3-2-4-16(20)11-14/h2-8,11,17H,9-10,12-13H2,1H3/t17-/m1/s1. The largest absolute Gasteiger partial charge is 0.497 e. The summed E-state index contributed by atoms with van der Waals surface area (Å²) < 4.78 is 29.9. The second kappa shape index (κ2) is 7.80. The Morgan fingerprint density at radius 1 is 1.23 bits per heavy atom. The molecule has 1 amide bonds. The van der Waals surface area contributed by atoms with Gasteiger partial charge >= 0.3 is 0 Å². The topological polar surface area (TPSA) is 63.7 Å². The minimum atomic E-state index is -3.09. The third kappa shape index (κ3) is 4.45. The van der Waals surface area contributed by atoms with E-state index in [4.69, 9.17) is 4.74 Å². The fourth-order valence-corrected chi connectivity index (χ4v) is 5.30. The maximum absolute atomic E-state index is 13.1. The zero-order chi connectivity index (χ0) is 18.7. The molecule has 1 aliphatic heterocycles. The third-order valence-electron chi connectivity index (χ3n) is 4.49. The van der Waals surface area contributed by atoms with Crippen molar-refractivity contribution in [2.75, 3.05) is 18.6 Å². The predicted molar refractivity (Wildman–Crippen MR) is 104 cm³/mol. The van der Waals surface area contributed by atoms with Crippen LogP contribution >= 0.6 is 15.9 Å². The van der Waals surface area contributed by atoms with Crippen LogP contribution in [0.15, 0.2) is 53.0 Å². The molecule has 0 bridgehead atoms. The lowest BCUT2D eigenvalue weighted by molar-refractivity contribution is 0.0681. The Hall–Kier alpha value is -1.86. The molecule has 1 atom stereocenters. The zero-order valence-corrected chi connectivity index (χ0v) is 16.8. The van der Waals surface area contributed by atoms with Crippen LogP contribution in [0.25, 0.3) is 0 Å². The van der Waals surface area contributed by atoms with E-state index < -0.39 is 9.84 Å². The van der Waals surface area contributed by atoms with Crippen molar-refractivity contribution in [3.63, 3.8) is 0 Å². The molecular weight excluding hydrogens is 418 g/mol. The highest BCUT2D eigenvalue weighted by atomic mass is 79.9. The molecule has 3 rings (SSSR count). The van der Waals surface area contributed by atoms with E-state index in [0.29, 0.717) is 24.3 Å². The molecule has 0 spiro atoms. The van der Waals surface area contributed by atoms with Gasteiger partial charge in [0.15, 0.2) is 9.84 Å². The van der Waals surface area contributed by atoms with Gasteiger partial charge in [0.05, 0.1) is 18.6 Å². The van der Waals surface area contributed by atoms with Gasteiger partial charge in [0.25, 0.3) is 5.91 Å². The molecule has 138 valence electrons. The molecular formula is C19H20BrNO4S. The van der Waals surface area contributed by atoms with E-state index in [1.54, 1.807) is 36.3 Å². The van der Waals surface area contributed by atoms with Crippen LogP contribution in [-0.4, -0.2) is 43.9 Å². The smallest absolute Gasteiger partial charge is 0.254 e. The monoisotopic (exact) mass is 437 g/mol. The van der Waals surface area contributed by atoms with Crippen LogP contribution < -0.4 is 4.74 Å². The van der Waals surface area contributed by atoms with E-state index in [1.165, 1.54) is 0 Å². The van der Waals surface area contributed by atoms with E-state index in [-0.39, 0.29) is 23.5 Å². The highest BCUT2D eigenvalue weighted by Crippen LogP contribution is 2.24.